The zero-order valence-electron chi connectivity index (χ0n) is 16.7. The Hall–Kier alpha value is 0. The van der Waals surface area contributed by atoms with E-state index in [2.05, 4.69) is 34.6 Å². The average molecular weight is 311 g/mol. The molecule has 0 aliphatic rings. The van der Waals surface area contributed by atoms with Gasteiger partial charge in [-0.15, -0.1) is 0 Å². The maximum atomic E-state index is 2.42. The molecule has 1 unspecified atom stereocenters. The lowest BCUT2D eigenvalue weighted by atomic mass is 9.80. The first-order chi connectivity index (χ1) is 10.5. The normalized spacial score (nSPS) is 13.5. The predicted octanol–water partition coefficient (Wildman–Crippen LogP) is 8.54. The first-order valence-electron chi connectivity index (χ1n) is 10.5. The summed E-state index contributed by atoms with van der Waals surface area (Å²) in [6, 6.07) is 0. The molecule has 0 spiro atoms. The second-order valence-corrected chi connectivity index (χ2v) is 8.74. The maximum Gasteiger partial charge on any atom is -0.0380 e. The van der Waals surface area contributed by atoms with E-state index in [0.29, 0.717) is 5.41 Å². The van der Waals surface area contributed by atoms with Crippen LogP contribution < -0.4 is 0 Å². The summed E-state index contributed by atoms with van der Waals surface area (Å²) in [5, 5.41) is 0. The van der Waals surface area contributed by atoms with Gasteiger partial charge in [0, 0.05) is 0 Å². The molecule has 0 aromatic heterocycles. The van der Waals surface area contributed by atoms with Crippen LogP contribution in [0.25, 0.3) is 0 Å². The van der Waals surface area contributed by atoms with Gasteiger partial charge in [-0.05, 0) is 17.8 Å². The molecule has 0 amide bonds. The van der Waals surface area contributed by atoms with Gasteiger partial charge >= 0.3 is 0 Å². The highest BCUT2D eigenvalue weighted by Gasteiger charge is 2.18. The monoisotopic (exact) mass is 310 g/mol. The van der Waals surface area contributed by atoms with Crippen molar-refractivity contribution in [3.8, 4) is 0 Å². The molecule has 0 fully saturated rings. The molecule has 0 aliphatic heterocycles. The molecule has 0 saturated carbocycles. The van der Waals surface area contributed by atoms with E-state index in [4.69, 9.17) is 0 Å². The van der Waals surface area contributed by atoms with Gasteiger partial charge in [0.15, 0.2) is 0 Å². The van der Waals surface area contributed by atoms with Crippen molar-refractivity contribution in [3.63, 3.8) is 0 Å². The van der Waals surface area contributed by atoms with Crippen molar-refractivity contribution >= 4 is 0 Å². The zero-order chi connectivity index (χ0) is 16.7. The van der Waals surface area contributed by atoms with Crippen LogP contribution in [0.1, 0.15) is 131 Å². The molecule has 0 heterocycles. The predicted molar refractivity (Wildman–Crippen MR) is 104 cm³/mol. The topological polar surface area (TPSA) is 0 Å². The van der Waals surface area contributed by atoms with Gasteiger partial charge in [-0.2, -0.15) is 0 Å². The molecule has 0 N–H and O–H groups in total. The summed E-state index contributed by atoms with van der Waals surface area (Å²) in [6.45, 7) is 11.9. The lowest BCUT2D eigenvalue weighted by Gasteiger charge is -2.26. The van der Waals surface area contributed by atoms with Crippen LogP contribution in [0, 0.1) is 11.3 Å². The highest BCUT2D eigenvalue weighted by molar-refractivity contribution is 4.70. The standard InChI is InChI=1S/C22H46/c1-6-8-10-12-13-15-17-19-21(20-22(3,4)5)18-16-14-11-9-7-2/h21H,6-20H2,1-5H3. The molecular weight excluding hydrogens is 264 g/mol. The van der Waals surface area contributed by atoms with Gasteiger partial charge in [0.25, 0.3) is 0 Å². The minimum Gasteiger partial charge on any atom is -0.0654 e. The fourth-order valence-corrected chi connectivity index (χ4v) is 3.64. The Balaban J connectivity index is 3.78. The SMILES string of the molecule is CCCCCCCCCC(CCCCCCC)CC(C)(C)C. The Bertz CT molecular complexity index is 211. The van der Waals surface area contributed by atoms with E-state index >= 15 is 0 Å². The van der Waals surface area contributed by atoms with Gasteiger partial charge in [-0.25, -0.2) is 0 Å². The Morgan fingerprint density at radius 2 is 0.909 bits per heavy atom. The highest BCUT2D eigenvalue weighted by Crippen LogP contribution is 2.31. The van der Waals surface area contributed by atoms with Crippen LogP contribution in [-0.4, -0.2) is 0 Å². The van der Waals surface area contributed by atoms with Crippen molar-refractivity contribution in [1.82, 2.24) is 0 Å². The van der Waals surface area contributed by atoms with Crippen molar-refractivity contribution in [2.45, 2.75) is 131 Å². The largest absolute Gasteiger partial charge is 0.0654 e. The molecule has 0 rings (SSSR count). The molecule has 22 heavy (non-hydrogen) atoms. The Morgan fingerprint density at radius 1 is 0.545 bits per heavy atom. The van der Waals surface area contributed by atoms with Crippen LogP contribution in [0.2, 0.25) is 0 Å². The summed E-state index contributed by atoms with van der Waals surface area (Å²) in [7, 11) is 0. The van der Waals surface area contributed by atoms with Crippen molar-refractivity contribution < 1.29 is 0 Å². The van der Waals surface area contributed by atoms with Gasteiger partial charge in [0.1, 0.15) is 0 Å². The number of unbranched alkanes of at least 4 members (excludes halogenated alkanes) is 10. The molecule has 0 aromatic carbocycles. The van der Waals surface area contributed by atoms with Gasteiger partial charge < -0.3 is 0 Å². The van der Waals surface area contributed by atoms with E-state index in [1.807, 2.05) is 0 Å². The first kappa shape index (κ1) is 22.0. The van der Waals surface area contributed by atoms with Crippen LogP contribution in [0.15, 0.2) is 0 Å². The van der Waals surface area contributed by atoms with E-state index in [0.717, 1.165) is 5.92 Å². The van der Waals surface area contributed by atoms with Gasteiger partial charge in [-0.1, -0.05) is 125 Å². The van der Waals surface area contributed by atoms with E-state index < -0.39 is 0 Å². The van der Waals surface area contributed by atoms with Crippen LogP contribution in [0.4, 0.5) is 0 Å². The molecule has 1 atom stereocenters. The molecule has 134 valence electrons. The summed E-state index contributed by atoms with van der Waals surface area (Å²) in [5.74, 6) is 0.984. The Labute approximate surface area is 142 Å². The highest BCUT2D eigenvalue weighted by atomic mass is 14.2. The third-order valence-corrected chi connectivity index (χ3v) is 4.83. The molecule has 0 saturated heterocycles. The van der Waals surface area contributed by atoms with Crippen LogP contribution in [0.5, 0.6) is 0 Å². The fourth-order valence-electron chi connectivity index (χ4n) is 3.64. The Morgan fingerprint density at radius 3 is 1.27 bits per heavy atom. The maximum absolute atomic E-state index is 2.42. The fraction of sp³-hybridized carbons (Fsp3) is 1.00. The molecule has 0 aromatic rings. The summed E-state index contributed by atoms with van der Waals surface area (Å²) < 4.78 is 0. The molecule has 0 aliphatic carbocycles. The third-order valence-electron chi connectivity index (χ3n) is 4.83. The van der Waals surface area contributed by atoms with Crippen molar-refractivity contribution in [3.05, 3.63) is 0 Å². The lowest BCUT2D eigenvalue weighted by molar-refractivity contribution is 0.260. The second-order valence-electron chi connectivity index (χ2n) is 8.74. The van der Waals surface area contributed by atoms with Gasteiger partial charge in [-0.3, -0.25) is 0 Å². The van der Waals surface area contributed by atoms with Crippen LogP contribution in [0.3, 0.4) is 0 Å². The summed E-state index contributed by atoms with van der Waals surface area (Å²) in [5.41, 5.74) is 0.509. The summed E-state index contributed by atoms with van der Waals surface area (Å²) in [6.07, 6.45) is 21.7. The molecule has 0 bridgehead atoms. The summed E-state index contributed by atoms with van der Waals surface area (Å²) in [4.78, 5) is 0. The van der Waals surface area contributed by atoms with Crippen molar-refractivity contribution in [1.29, 1.82) is 0 Å². The second kappa shape index (κ2) is 14.6. The van der Waals surface area contributed by atoms with E-state index in [1.54, 1.807) is 0 Å². The lowest BCUT2D eigenvalue weighted by Crippen LogP contribution is -2.13. The smallest absolute Gasteiger partial charge is 0.0380 e. The first-order valence-corrected chi connectivity index (χ1v) is 10.5. The van der Waals surface area contributed by atoms with Crippen molar-refractivity contribution in [2.24, 2.45) is 11.3 Å². The number of rotatable bonds is 15. The Kier molecular flexibility index (Phi) is 14.6. The van der Waals surface area contributed by atoms with Crippen LogP contribution >= 0.6 is 0 Å². The van der Waals surface area contributed by atoms with Crippen molar-refractivity contribution in [2.75, 3.05) is 0 Å². The van der Waals surface area contributed by atoms with Crippen LogP contribution in [-0.2, 0) is 0 Å². The van der Waals surface area contributed by atoms with Gasteiger partial charge in [0.05, 0.1) is 0 Å². The molecule has 0 heteroatoms. The zero-order valence-corrected chi connectivity index (χ0v) is 16.7. The van der Waals surface area contributed by atoms with E-state index in [-0.39, 0.29) is 0 Å². The minimum absolute atomic E-state index is 0.509. The number of hydrogen-bond donors (Lipinski definition) is 0. The molecular formula is C22H46. The number of hydrogen-bond acceptors (Lipinski definition) is 0. The van der Waals surface area contributed by atoms with E-state index in [9.17, 15) is 0 Å². The van der Waals surface area contributed by atoms with E-state index in [1.165, 1.54) is 96.3 Å². The quantitative estimate of drug-likeness (QED) is 0.266. The summed E-state index contributed by atoms with van der Waals surface area (Å²) >= 11 is 0. The van der Waals surface area contributed by atoms with Gasteiger partial charge in [0.2, 0.25) is 0 Å². The third kappa shape index (κ3) is 16.4. The minimum atomic E-state index is 0.509. The molecule has 0 nitrogen and oxygen atoms in total. The molecule has 0 radical (unpaired) electrons. The average Bonchev–Trinajstić information content (AvgIpc) is 2.44.